The van der Waals surface area contributed by atoms with Crippen molar-refractivity contribution in [2.45, 2.75) is 5.92 Å². The zero-order valence-electron chi connectivity index (χ0n) is 10.2. The van der Waals surface area contributed by atoms with Gasteiger partial charge in [-0.05, 0) is 35.9 Å². The van der Waals surface area contributed by atoms with Gasteiger partial charge in [0.1, 0.15) is 11.6 Å². The van der Waals surface area contributed by atoms with Crippen LogP contribution in [0.4, 0.5) is 4.39 Å². The fourth-order valence-electron chi connectivity index (χ4n) is 2.04. The highest BCUT2D eigenvalue weighted by Crippen LogP contribution is 2.41. The summed E-state index contributed by atoms with van der Waals surface area (Å²) in [5, 5.41) is 0. The molecule has 1 aliphatic rings. The van der Waals surface area contributed by atoms with Crippen LogP contribution >= 0.6 is 24.0 Å². The van der Waals surface area contributed by atoms with Crippen LogP contribution in [0.25, 0.3) is 6.08 Å². The van der Waals surface area contributed by atoms with E-state index in [1.807, 2.05) is 0 Å². The average molecular weight is 304 g/mol. The minimum Gasteiger partial charge on any atom is -0.465 e. The molecule has 1 saturated heterocycles. The number of ketones is 1. The molecule has 1 unspecified atom stereocenters. The summed E-state index contributed by atoms with van der Waals surface area (Å²) in [4.78, 5) is 12.9. The van der Waals surface area contributed by atoms with Crippen molar-refractivity contribution in [3.8, 4) is 0 Å². The maximum atomic E-state index is 13.3. The second-order valence-corrected chi connectivity index (χ2v) is 6.08. The lowest BCUT2D eigenvalue weighted by atomic mass is 9.96. The van der Waals surface area contributed by atoms with Gasteiger partial charge in [-0.3, -0.25) is 4.79 Å². The van der Waals surface area contributed by atoms with E-state index >= 15 is 0 Å². The predicted octanol–water partition coefficient (Wildman–Crippen LogP) is 4.19. The number of carbonyl (C=O) groups excluding carboxylic acids is 1. The topological polar surface area (TPSA) is 30.2 Å². The summed E-state index contributed by atoms with van der Waals surface area (Å²) in [6.45, 7) is 0. The van der Waals surface area contributed by atoms with Crippen LogP contribution in [0.5, 0.6) is 0 Å². The second kappa shape index (κ2) is 5.34. The molecule has 20 heavy (non-hydrogen) atoms. The van der Waals surface area contributed by atoms with E-state index in [9.17, 15) is 9.18 Å². The summed E-state index contributed by atoms with van der Waals surface area (Å²) >= 11 is 6.51. The Bertz CT molecular complexity index is 704. The molecule has 0 N–H and O–H groups in total. The number of hydrogen-bond donors (Lipinski definition) is 0. The Morgan fingerprint density at radius 2 is 2.15 bits per heavy atom. The quantitative estimate of drug-likeness (QED) is 0.615. The largest absolute Gasteiger partial charge is 0.465 e. The summed E-state index contributed by atoms with van der Waals surface area (Å²) in [6, 6.07) is 9.51. The van der Waals surface area contributed by atoms with Crippen molar-refractivity contribution in [3.63, 3.8) is 0 Å². The molecule has 1 aromatic carbocycles. The van der Waals surface area contributed by atoms with Gasteiger partial charge in [0.25, 0.3) is 0 Å². The average Bonchev–Trinajstić information content (AvgIpc) is 2.99. The van der Waals surface area contributed by atoms with E-state index in [0.29, 0.717) is 20.4 Å². The lowest BCUT2D eigenvalue weighted by Crippen LogP contribution is -2.11. The number of thioether (sulfide) groups is 1. The van der Waals surface area contributed by atoms with E-state index in [1.165, 1.54) is 23.9 Å². The van der Waals surface area contributed by atoms with Gasteiger partial charge in [0.05, 0.1) is 21.3 Å². The Kier molecular flexibility index (Phi) is 3.54. The number of halogens is 1. The number of thiocarbonyl (C=S) groups is 1. The van der Waals surface area contributed by atoms with Gasteiger partial charge in [0.15, 0.2) is 5.78 Å². The van der Waals surface area contributed by atoms with Crippen LogP contribution in [0.1, 0.15) is 17.2 Å². The zero-order valence-corrected chi connectivity index (χ0v) is 11.8. The first-order valence-electron chi connectivity index (χ1n) is 5.92. The lowest BCUT2D eigenvalue weighted by Gasteiger charge is -2.07. The van der Waals surface area contributed by atoms with Gasteiger partial charge in [-0.2, -0.15) is 0 Å². The van der Waals surface area contributed by atoms with E-state index < -0.39 is 5.92 Å². The highest BCUT2D eigenvalue weighted by Gasteiger charge is 2.36. The van der Waals surface area contributed by atoms with E-state index in [-0.39, 0.29) is 11.6 Å². The van der Waals surface area contributed by atoms with Crippen molar-refractivity contribution in [1.82, 2.24) is 0 Å². The van der Waals surface area contributed by atoms with Crippen LogP contribution < -0.4 is 0 Å². The Balaban J connectivity index is 1.95. The highest BCUT2D eigenvalue weighted by molar-refractivity contribution is 8.27. The molecule has 1 fully saturated rings. The van der Waals surface area contributed by atoms with Crippen molar-refractivity contribution in [3.05, 3.63) is 64.7 Å². The monoisotopic (exact) mass is 304 g/mol. The Labute approximate surface area is 124 Å². The molecule has 5 heteroatoms. The number of allylic oxidation sites excluding steroid dienone is 1. The first kappa shape index (κ1) is 13.3. The first-order valence-corrected chi connectivity index (χ1v) is 7.14. The molecule has 0 aliphatic carbocycles. The van der Waals surface area contributed by atoms with Crippen molar-refractivity contribution in [2.75, 3.05) is 0 Å². The van der Waals surface area contributed by atoms with Crippen LogP contribution in [0.15, 0.2) is 52.0 Å². The van der Waals surface area contributed by atoms with Crippen molar-refractivity contribution >= 4 is 40.0 Å². The summed E-state index contributed by atoms with van der Waals surface area (Å²) < 4.78 is 19.0. The molecule has 0 amide bonds. The number of hydrogen-bond acceptors (Lipinski definition) is 4. The van der Waals surface area contributed by atoms with Crippen molar-refractivity contribution < 1.29 is 13.6 Å². The fourth-order valence-corrected chi connectivity index (χ4v) is 3.53. The molecular formula is C15H9FO2S2. The summed E-state index contributed by atoms with van der Waals surface area (Å²) in [6.07, 6.45) is 3.21. The number of Topliss-reactive ketones (excluding diaryl/α,β-unsaturated/α-hetero) is 1. The molecule has 0 spiro atoms. The third-order valence-corrected chi connectivity index (χ3v) is 4.41. The summed E-state index contributed by atoms with van der Waals surface area (Å²) in [5.41, 5.74) is 0.593. The molecule has 1 atom stereocenters. The normalized spacial score (nSPS) is 20.9. The maximum Gasteiger partial charge on any atom is 0.182 e. The third kappa shape index (κ3) is 2.46. The summed E-state index contributed by atoms with van der Waals surface area (Å²) in [5.74, 6) is -0.441. The second-order valence-electron chi connectivity index (χ2n) is 4.30. The number of furan rings is 1. The first-order chi connectivity index (χ1) is 9.65. The van der Waals surface area contributed by atoms with E-state index in [0.717, 1.165) is 0 Å². The van der Waals surface area contributed by atoms with Gasteiger partial charge >= 0.3 is 0 Å². The summed E-state index contributed by atoms with van der Waals surface area (Å²) in [7, 11) is 0. The van der Waals surface area contributed by atoms with E-state index in [4.69, 9.17) is 16.6 Å². The maximum absolute atomic E-state index is 13.3. The highest BCUT2D eigenvalue weighted by atomic mass is 32.2. The van der Waals surface area contributed by atoms with E-state index in [2.05, 4.69) is 0 Å². The molecule has 1 aliphatic heterocycles. The van der Waals surface area contributed by atoms with Crippen LogP contribution in [0.3, 0.4) is 0 Å². The minimum absolute atomic E-state index is 0.109. The molecule has 2 nitrogen and oxygen atoms in total. The SMILES string of the molecule is O=C1/C(=C\c2ccco2)SC(=S)C1c1cccc(F)c1. The molecule has 3 rings (SSSR count). The Hall–Kier alpha value is -1.72. The standard InChI is InChI=1S/C15H9FO2S2/c16-10-4-1-3-9(7-10)13-14(17)12(20-15(13)19)8-11-5-2-6-18-11/h1-8,13H/b12-8+. The molecular weight excluding hydrogens is 295 g/mol. The van der Waals surface area contributed by atoms with Gasteiger partial charge in [0, 0.05) is 0 Å². The predicted molar refractivity (Wildman–Crippen MR) is 81.0 cm³/mol. The van der Waals surface area contributed by atoms with Crippen LogP contribution in [0.2, 0.25) is 0 Å². The fraction of sp³-hybridized carbons (Fsp3) is 0.0667. The Morgan fingerprint density at radius 1 is 1.30 bits per heavy atom. The lowest BCUT2D eigenvalue weighted by molar-refractivity contribution is -0.114. The smallest absolute Gasteiger partial charge is 0.182 e. The van der Waals surface area contributed by atoms with Crippen LogP contribution in [-0.4, -0.2) is 9.98 Å². The molecule has 0 saturated carbocycles. The van der Waals surface area contributed by atoms with Gasteiger partial charge in [-0.15, -0.1) is 0 Å². The van der Waals surface area contributed by atoms with Gasteiger partial charge in [-0.25, -0.2) is 4.39 Å². The molecule has 100 valence electrons. The minimum atomic E-state index is -0.563. The van der Waals surface area contributed by atoms with Gasteiger partial charge < -0.3 is 4.42 Å². The van der Waals surface area contributed by atoms with Crippen LogP contribution in [0, 0.1) is 5.82 Å². The van der Waals surface area contributed by atoms with Crippen molar-refractivity contribution in [1.29, 1.82) is 0 Å². The number of rotatable bonds is 2. The van der Waals surface area contributed by atoms with E-state index in [1.54, 1.807) is 36.6 Å². The molecule has 2 aromatic rings. The molecule has 0 bridgehead atoms. The number of benzene rings is 1. The van der Waals surface area contributed by atoms with Gasteiger partial charge in [0.2, 0.25) is 0 Å². The van der Waals surface area contributed by atoms with Gasteiger partial charge in [-0.1, -0.05) is 36.1 Å². The van der Waals surface area contributed by atoms with Crippen molar-refractivity contribution in [2.24, 2.45) is 0 Å². The number of carbonyl (C=O) groups is 1. The van der Waals surface area contributed by atoms with Crippen LogP contribution in [-0.2, 0) is 4.79 Å². The molecule has 2 heterocycles. The molecule has 0 radical (unpaired) electrons. The molecule has 1 aromatic heterocycles. The zero-order chi connectivity index (χ0) is 14.1. The Morgan fingerprint density at radius 3 is 2.85 bits per heavy atom. The third-order valence-electron chi connectivity index (χ3n) is 2.95.